The molecule has 3 N–H and O–H groups in total. The fraction of sp³-hybridized carbons (Fsp3) is 0.333. The van der Waals surface area contributed by atoms with E-state index in [1.165, 1.54) is 0 Å². The van der Waals surface area contributed by atoms with Crippen molar-refractivity contribution >= 4 is 55.8 Å². The lowest BCUT2D eigenvalue weighted by Gasteiger charge is -2.13. The average Bonchev–Trinajstić information content (AvgIpc) is 2.23. The van der Waals surface area contributed by atoms with Crippen molar-refractivity contribution in [3.05, 3.63) is 20.2 Å². The van der Waals surface area contributed by atoms with E-state index in [0.717, 1.165) is 8.04 Å². The molecule has 84 valence electrons. The number of hydrogen-bond acceptors (Lipinski definition) is 3. The topological polar surface area (TPSA) is 52.5 Å². The van der Waals surface area contributed by atoms with E-state index < -0.39 is 6.10 Å². The van der Waals surface area contributed by atoms with Crippen molar-refractivity contribution in [1.82, 2.24) is 0 Å². The van der Waals surface area contributed by atoms with Crippen LogP contribution in [0.5, 0.6) is 5.75 Å². The summed E-state index contributed by atoms with van der Waals surface area (Å²) in [5, 5.41) is 22.0. The van der Waals surface area contributed by atoms with Crippen LogP contribution in [0.25, 0.3) is 0 Å². The third-order valence-corrected chi connectivity index (χ3v) is 3.66. The van der Waals surface area contributed by atoms with Gasteiger partial charge in [-0.3, -0.25) is 0 Å². The van der Waals surface area contributed by atoms with Gasteiger partial charge in [0.1, 0.15) is 0 Å². The normalized spacial score (nSPS) is 12.5. The first-order valence-corrected chi connectivity index (χ1v) is 6.61. The molecule has 15 heavy (non-hydrogen) atoms. The first-order valence-electron chi connectivity index (χ1n) is 4.21. The Morgan fingerprint density at radius 2 is 2.20 bits per heavy atom. The summed E-state index contributed by atoms with van der Waals surface area (Å²) in [6.07, 6.45) is -0.629. The van der Waals surface area contributed by atoms with E-state index >= 15 is 0 Å². The van der Waals surface area contributed by atoms with Crippen LogP contribution in [0.15, 0.2) is 16.6 Å². The molecule has 0 spiro atoms. The SMILES string of the molecule is Oc1c(I)ccc(Br)c1NCC(O)CCl. The van der Waals surface area contributed by atoms with Crippen molar-refractivity contribution in [3.63, 3.8) is 0 Å². The van der Waals surface area contributed by atoms with E-state index in [4.69, 9.17) is 11.6 Å². The number of aliphatic hydroxyl groups is 1. The first-order chi connectivity index (χ1) is 7.06. The Labute approximate surface area is 115 Å². The zero-order valence-electron chi connectivity index (χ0n) is 7.67. The maximum atomic E-state index is 9.75. The van der Waals surface area contributed by atoms with Gasteiger partial charge in [0, 0.05) is 11.0 Å². The quantitative estimate of drug-likeness (QED) is 0.410. The van der Waals surface area contributed by atoms with Crippen LogP contribution in [-0.4, -0.2) is 28.7 Å². The molecule has 1 atom stereocenters. The molecule has 0 amide bonds. The summed E-state index contributed by atoms with van der Waals surface area (Å²) >= 11 is 10.8. The van der Waals surface area contributed by atoms with Crippen molar-refractivity contribution in [2.24, 2.45) is 0 Å². The monoisotopic (exact) mass is 405 g/mol. The zero-order chi connectivity index (χ0) is 11.4. The van der Waals surface area contributed by atoms with E-state index in [2.05, 4.69) is 21.2 Å². The summed E-state index contributed by atoms with van der Waals surface area (Å²) in [6.45, 7) is 0.301. The van der Waals surface area contributed by atoms with Crippen LogP contribution in [0.4, 0.5) is 5.69 Å². The van der Waals surface area contributed by atoms with Gasteiger partial charge < -0.3 is 15.5 Å². The minimum atomic E-state index is -0.629. The molecule has 0 fully saturated rings. The van der Waals surface area contributed by atoms with Gasteiger partial charge in [-0.15, -0.1) is 11.6 Å². The number of aromatic hydroxyl groups is 1. The molecule has 0 saturated carbocycles. The molecule has 0 aliphatic carbocycles. The Balaban J connectivity index is 2.80. The second-order valence-electron chi connectivity index (χ2n) is 2.94. The zero-order valence-corrected chi connectivity index (χ0v) is 12.2. The number of benzene rings is 1. The highest BCUT2D eigenvalue weighted by Crippen LogP contribution is 2.35. The fourth-order valence-corrected chi connectivity index (χ4v) is 2.00. The van der Waals surface area contributed by atoms with E-state index in [1.54, 1.807) is 6.07 Å². The van der Waals surface area contributed by atoms with Crippen LogP contribution < -0.4 is 5.32 Å². The minimum absolute atomic E-state index is 0.162. The largest absolute Gasteiger partial charge is 0.505 e. The highest BCUT2D eigenvalue weighted by molar-refractivity contribution is 14.1. The van der Waals surface area contributed by atoms with E-state index in [-0.39, 0.29) is 11.6 Å². The number of phenolic OH excluding ortho intramolecular Hbond substituents is 1. The molecule has 1 aromatic carbocycles. The average molecular weight is 406 g/mol. The Morgan fingerprint density at radius 3 is 2.80 bits per heavy atom. The first kappa shape index (κ1) is 13.3. The lowest BCUT2D eigenvalue weighted by molar-refractivity contribution is 0.211. The van der Waals surface area contributed by atoms with Crippen molar-refractivity contribution in [1.29, 1.82) is 0 Å². The third-order valence-electron chi connectivity index (χ3n) is 1.77. The minimum Gasteiger partial charge on any atom is -0.505 e. The van der Waals surface area contributed by atoms with Crippen molar-refractivity contribution in [3.8, 4) is 5.75 Å². The standard InChI is InChI=1S/C9H10BrClINO2/c10-6-1-2-7(12)9(15)8(6)13-4-5(14)3-11/h1-2,5,13-15H,3-4H2. The number of rotatable bonds is 4. The molecule has 0 aliphatic rings. The molecule has 1 rings (SSSR count). The lowest BCUT2D eigenvalue weighted by Crippen LogP contribution is -2.21. The Kier molecular flexibility index (Phi) is 5.45. The fourth-order valence-electron chi connectivity index (χ4n) is 0.984. The molecule has 1 aromatic rings. The van der Waals surface area contributed by atoms with Gasteiger partial charge in [0.25, 0.3) is 0 Å². The number of halogens is 3. The summed E-state index contributed by atoms with van der Waals surface area (Å²) in [6, 6.07) is 3.63. The molecule has 0 bridgehead atoms. The maximum absolute atomic E-state index is 9.75. The van der Waals surface area contributed by atoms with Crippen molar-refractivity contribution in [2.45, 2.75) is 6.10 Å². The number of anilines is 1. The molecular weight excluding hydrogens is 396 g/mol. The highest BCUT2D eigenvalue weighted by atomic mass is 127. The number of aliphatic hydroxyl groups excluding tert-OH is 1. The van der Waals surface area contributed by atoms with Gasteiger partial charge >= 0.3 is 0 Å². The smallest absolute Gasteiger partial charge is 0.153 e. The van der Waals surface area contributed by atoms with E-state index in [0.29, 0.717) is 12.2 Å². The summed E-state index contributed by atoms with van der Waals surface area (Å²) in [5.41, 5.74) is 0.575. The predicted molar refractivity (Wildman–Crippen MR) is 73.7 cm³/mol. The van der Waals surface area contributed by atoms with Gasteiger partial charge in [-0.2, -0.15) is 0 Å². The molecule has 0 saturated heterocycles. The molecule has 6 heteroatoms. The highest BCUT2D eigenvalue weighted by Gasteiger charge is 2.10. The van der Waals surface area contributed by atoms with Crippen LogP contribution >= 0.6 is 50.1 Å². The number of alkyl halides is 1. The van der Waals surface area contributed by atoms with Crippen molar-refractivity contribution in [2.75, 3.05) is 17.7 Å². The Bertz CT molecular complexity index is 351. The van der Waals surface area contributed by atoms with Crippen molar-refractivity contribution < 1.29 is 10.2 Å². The van der Waals surface area contributed by atoms with Gasteiger partial charge in [-0.25, -0.2) is 0 Å². The molecule has 3 nitrogen and oxygen atoms in total. The third kappa shape index (κ3) is 3.65. The number of phenols is 1. The Morgan fingerprint density at radius 1 is 1.53 bits per heavy atom. The van der Waals surface area contributed by atoms with E-state index in [1.807, 2.05) is 28.7 Å². The summed E-state index contributed by atoms with van der Waals surface area (Å²) < 4.78 is 1.50. The van der Waals surface area contributed by atoms with Gasteiger partial charge in [0.15, 0.2) is 5.75 Å². The molecule has 0 aromatic heterocycles. The predicted octanol–water partition coefficient (Wildman–Crippen LogP) is 2.77. The van der Waals surface area contributed by atoms with Gasteiger partial charge in [0.05, 0.1) is 21.2 Å². The van der Waals surface area contributed by atoms with Crippen LogP contribution in [0, 0.1) is 3.57 Å². The molecular formula is C9H10BrClINO2. The number of hydrogen-bond donors (Lipinski definition) is 3. The molecule has 0 heterocycles. The Hall–Kier alpha value is 0.280. The van der Waals surface area contributed by atoms with Gasteiger partial charge in [-0.05, 0) is 50.7 Å². The van der Waals surface area contributed by atoms with Crippen LogP contribution in [0.2, 0.25) is 0 Å². The van der Waals surface area contributed by atoms with Gasteiger partial charge in [0.2, 0.25) is 0 Å². The van der Waals surface area contributed by atoms with E-state index in [9.17, 15) is 10.2 Å². The second kappa shape index (κ2) is 6.12. The summed E-state index contributed by atoms with van der Waals surface area (Å²) in [7, 11) is 0. The lowest BCUT2D eigenvalue weighted by atomic mass is 10.3. The van der Waals surface area contributed by atoms with Gasteiger partial charge in [-0.1, -0.05) is 0 Å². The summed E-state index contributed by atoms with van der Waals surface area (Å²) in [5.74, 6) is 0.335. The summed E-state index contributed by atoms with van der Waals surface area (Å²) in [4.78, 5) is 0. The molecule has 1 unspecified atom stereocenters. The number of nitrogens with one attached hydrogen (secondary N) is 1. The van der Waals surface area contributed by atoms with Crippen LogP contribution in [0.3, 0.4) is 0 Å². The second-order valence-corrected chi connectivity index (χ2v) is 5.27. The molecule has 0 radical (unpaired) electrons. The molecule has 0 aliphatic heterocycles. The van der Waals surface area contributed by atoms with Crippen LogP contribution in [-0.2, 0) is 0 Å². The maximum Gasteiger partial charge on any atom is 0.153 e. The van der Waals surface area contributed by atoms with Crippen LogP contribution in [0.1, 0.15) is 0 Å².